The molecular formula is C11H15Br2N3O2. The SMILES string of the molecule is CCN1CCOC(Cn2ncc(Br)c(Br)c2=O)C1. The van der Waals surface area contributed by atoms with Crippen molar-refractivity contribution in [2.45, 2.75) is 19.6 Å². The van der Waals surface area contributed by atoms with Gasteiger partial charge in [0.15, 0.2) is 0 Å². The topological polar surface area (TPSA) is 47.4 Å². The highest BCUT2D eigenvalue weighted by molar-refractivity contribution is 9.13. The van der Waals surface area contributed by atoms with Crippen molar-refractivity contribution in [2.24, 2.45) is 0 Å². The minimum atomic E-state index is -0.137. The molecule has 0 bridgehead atoms. The predicted molar refractivity (Wildman–Crippen MR) is 75.8 cm³/mol. The Kier molecular flexibility index (Phi) is 4.94. The fraction of sp³-hybridized carbons (Fsp3) is 0.636. The Hall–Kier alpha value is -0.240. The van der Waals surface area contributed by atoms with Crippen LogP contribution in [0.1, 0.15) is 6.92 Å². The fourth-order valence-electron chi connectivity index (χ4n) is 1.95. The van der Waals surface area contributed by atoms with Crippen LogP contribution in [0.25, 0.3) is 0 Å². The molecule has 2 heterocycles. The van der Waals surface area contributed by atoms with Crippen molar-refractivity contribution in [1.82, 2.24) is 14.7 Å². The van der Waals surface area contributed by atoms with Gasteiger partial charge in [-0.25, -0.2) is 4.68 Å². The third-order valence-corrected chi connectivity index (χ3v) is 4.89. The summed E-state index contributed by atoms with van der Waals surface area (Å²) in [6, 6.07) is 0. The van der Waals surface area contributed by atoms with E-state index in [2.05, 4.69) is 48.8 Å². The van der Waals surface area contributed by atoms with E-state index < -0.39 is 0 Å². The van der Waals surface area contributed by atoms with Crippen molar-refractivity contribution < 1.29 is 4.74 Å². The Morgan fingerprint density at radius 1 is 1.56 bits per heavy atom. The summed E-state index contributed by atoms with van der Waals surface area (Å²) in [6.07, 6.45) is 1.64. The molecule has 100 valence electrons. The Labute approximate surface area is 122 Å². The molecule has 18 heavy (non-hydrogen) atoms. The van der Waals surface area contributed by atoms with Gasteiger partial charge in [0.25, 0.3) is 5.56 Å². The summed E-state index contributed by atoms with van der Waals surface area (Å²) in [6.45, 7) is 6.14. The Morgan fingerprint density at radius 3 is 3.06 bits per heavy atom. The quantitative estimate of drug-likeness (QED) is 0.797. The molecular weight excluding hydrogens is 366 g/mol. The van der Waals surface area contributed by atoms with Gasteiger partial charge in [-0.2, -0.15) is 5.10 Å². The molecule has 1 aliphatic rings. The molecule has 1 unspecified atom stereocenters. The third kappa shape index (κ3) is 3.20. The molecule has 1 saturated heterocycles. The molecule has 0 aromatic carbocycles. The van der Waals surface area contributed by atoms with E-state index in [1.807, 2.05) is 0 Å². The number of morpholine rings is 1. The van der Waals surface area contributed by atoms with Gasteiger partial charge in [0.1, 0.15) is 4.47 Å². The van der Waals surface area contributed by atoms with Crippen molar-refractivity contribution in [3.05, 3.63) is 25.5 Å². The lowest BCUT2D eigenvalue weighted by Crippen LogP contribution is -2.45. The van der Waals surface area contributed by atoms with Crippen LogP contribution in [-0.2, 0) is 11.3 Å². The Morgan fingerprint density at radius 2 is 2.33 bits per heavy atom. The van der Waals surface area contributed by atoms with E-state index in [-0.39, 0.29) is 11.7 Å². The number of hydrogen-bond donors (Lipinski definition) is 0. The van der Waals surface area contributed by atoms with Gasteiger partial charge in [-0.05, 0) is 38.4 Å². The van der Waals surface area contributed by atoms with E-state index in [1.165, 1.54) is 4.68 Å². The summed E-state index contributed by atoms with van der Waals surface area (Å²) in [5, 5.41) is 4.11. The van der Waals surface area contributed by atoms with Gasteiger partial charge in [-0.1, -0.05) is 6.92 Å². The van der Waals surface area contributed by atoms with E-state index in [1.54, 1.807) is 6.20 Å². The van der Waals surface area contributed by atoms with E-state index >= 15 is 0 Å². The van der Waals surface area contributed by atoms with Gasteiger partial charge >= 0.3 is 0 Å². The summed E-state index contributed by atoms with van der Waals surface area (Å²) < 4.78 is 8.28. The molecule has 0 saturated carbocycles. The van der Waals surface area contributed by atoms with Crippen LogP contribution in [0.5, 0.6) is 0 Å². The largest absolute Gasteiger partial charge is 0.374 e. The minimum absolute atomic E-state index is 0.0250. The zero-order valence-electron chi connectivity index (χ0n) is 10.1. The fourth-order valence-corrected chi connectivity index (χ4v) is 2.51. The molecule has 1 aromatic heterocycles. The first-order chi connectivity index (χ1) is 8.61. The summed E-state index contributed by atoms with van der Waals surface area (Å²) in [5.74, 6) is 0. The molecule has 1 aliphatic heterocycles. The predicted octanol–water partition coefficient (Wildman–Crippen LogP) is 1.49. The van der Waals surface area contributed by atoms with Crippen LogP contribution >= 0.6 is 31.9 Å². The molecule has 1 atom stereocenters. The molecule has 0 amide bonds. The normalized spacial score (nSPS) is 21.2. The Balaban J connectivity index is 2.10. The molecule has 1 aromatic rings. The van der Waals surface area contributed by atoms with E-state index in [4.69, 9.17) is 4.74 Å². The number of ether oxygens (including phenoxy) is 1. The molecule has 0 radical (unpaired) electrons. The second-order valence-corrected chi connectivity index (χ2v) is 5.83. The van der Waals surface area contributed by atoms with Crippen molar-refractivity contribution in [3.63, 3.8) is 0 Å². The first-order valence-electron chi connectivity index (χ1n) is 5.87. The summed E-state index contributed by atoms with van der Waals surface area (Å²) in [4.78, 5) is 14.3. The van der Waals surface area contributed by atoms with Crippen LogP contribution < -0.4 is 5.56 Å². The van der Waals surface area contributed by atoms with E-state index in [0.29, 0.717) is 22.1 Å². The van der Waals surface area contributed by atoms with Crippen LogP contribution in [0.15, 0.2) is 19.9 Å². The highest BCUT2D eigenvalue weighted by atomic mass is 79.9. The van der Waals surface area contributed by atoms with E-state index in [9.17, 15) is 4.79 Å². The van der Waals surface area contributed by atoms with Gasteiger partial charge in [-0.15, -0.1) is 0 Å². The second-order valence-electron chi connectivity index (χ2n) is 4.18. The smallest absolute Gasteiger partial charge is 0.282 e. The number of nitrogens with zero attached hydrogens (tertiary/aromatic N) is 3. The Bertz CT molecular complexity index is 478. The number of hydrogen-bond acceptors (Lipinski definition) is 4. The summed E-state index contributed by atoms with van der Waals surface area (Å²) in [5.41, 5.74) is -0.137. The molecule has 5 nitrogen and oxygen atoms in total. The van der Waals surface area contributed by atoms with Crippen LogP contribution in [0.4, 0.5) is 0 Å². The monoisotopic (exact) mass is 379 g/mol. The summed E-state index contributed by atoms with van der Waals surface area (Å²) >= 11 is 6.51. The molecule has 2 rings (SSSR count). The number of aromatic nitrogens is 2. The van der Waals surface area contributed by atoms with Crippen molar-refractivity contribution in [3.8, 4) is 0 Å². The number of rotatable bonds is 3. The van der Waals surface area contributed by atoms with Crippen molar-refractivity contribution in [2.75, 3.05) is 26.2 Å². The third-order valence-electron chi connectivity index (χ3n) is 2.99. The van der Waals surface area contributed by atoms with Gasteiger partial charge < -0.3 is 4.74 Å². The highest BCUT2D eigenvalue weighted by Gasteiger charge is 2.21. The van der Waals surface area contributed by atoms with Crippen molar-refractivity contribution >= 4 is 31.9 Å². The minimum Gasteiger partial charge on any atom is -0.374 e. The number of halogens is 2. The lowest BCUT2D eigenvalue weighted by molar-refractivity contribution is -0.0364. The zero-order chi connectivity index (χ0) is 13.1. The molecule has 0 aliphatic carbocycles. The molecule has 0 N–H and O–H groups in total. The average molecular weight is 381 g/mol. The van der Waals surface area contributed by atoms with Gasteiger partial charge in [0, 0.05) is 13.1 Å². The second kappa shape index (κ2) is 6.27. The summed E-state index contributed by atoms with van der Waals surface area (Å²) in [7, 11) is 0. The maximum atomic E-state index is 12.0. The van der Waals surface area contributed by atoms with Crippen LogP contribution in [0.2, 0.25) is 0 Å². The maximum Gasteiger partial charge on any atom is 0.282 e. The number of likely N-dealkylation sites (N-methyl/N-ethyl adjacent to an activating group) is 1. The van der Waals surface area contributed by atoms with E-state index in [0.717, 1.165) is 19.6 Å². The van der Waals surface area contributed by atoms with Crippen molar-refractivity contribution in [1.29, 1.82) is 0 Å². The molecule has 0 spiro atoms. The van der Waals surface area contributed by atoms with Crippen LogP contribution in [0, 0.1) is 0 Å². The molecule has 7 heteroatoms. The van der Waals surface area contributed by atoms with Gasteiger partial charge in [0.2, 0.25) is 0 Å². The maximum absolute atomic E-state index is 12.0. The zero-order valence-corrected chi connectivity index (χ0v) is 13.3. The standard InChI is InChI=1S/C11H15Br2N3O2/c1-2-15-3-4-18-8(6-15)7-16-11(17)10(13)9(12)5-14-16/h5,8H,2-4,6-7H2,1H3. The van der Waals surface area contributed by atoms with Crippen LogP contribution in [0.3, 0.4) is 0 Å². The van der Waals surface area contributed by atoms with Gasteiger partial charge in [-0.3, -0.25) is 9.69 Å². The lowest BCUT2D eigenvalue weighted by atomic mass is 10.2. The lowest BCUT2D eigenvalue weighted by Gasteiger charge is -2.32. The first-order valence-corrected chi connectivity index (χ1v) is 7.45. The molecule has 1 fully saturated rings. The van der Waals surface area contributed by atoms with Crippen LogP contribution in [-0.4, -0.2) is 47.0 Å². The first kappa shape index (κ1) is 14.2. The highest BCUT2D eigenvalue weighted by Crippen LogP contribution is 2.16. The van der Waals surface area contributed by atoms with Gasteiger partial charge in [0.05, 0.1) is 29.9 Å². The average Bonchev–Trinajstić information content (AvgIpc) is 2.40.